The van der Waals surface area contributed by atoms with Crippen molar-refractivity contribution in [2.45, 2.75) is 38.6 Å². The number of aromatic nitrogens is 2. The molecule has 1 aromatic rings. The molecule has 1 saturated heterocycles. The van der Waals surface area contributed by atoms with E-state index in [0.29, 0.717) is 31.5 Å². The Hall–Kier alpha value is -1.28. The number of nitrogens with zero attached hydrogens (tertiary/aromatic N) is 2. The zero-order chi connectivity index (χ0) is 16.7. The Bertz CT molecular complexity index is 489. The van der Waals surface area contributed by atoms with E-state index in [1.165, 1.54) is 0 Å². The number of rotatable bonds is 7. The third kappa shape index (κ3) is 5.39. The molecule has 2 amide bonds. The normalized spacial score (nSPS) is 17.2. The highest BCUT2D eigenvalue weighted by Crippen LogP contribution is 2.29. The zero-order valence-corrected chi connectivity index (χ0v) is 14.8. The third-order valence-electron chi connectivity index (χ3n) is 3.86. The molecule has 1 aliphatic rings. The Morgan fingerprint density at radius 2 is 2.13 bits per heavy atom. The molecule has 8 heteroatoms. The maximum absolute atomic E-state index is 12.1. The molecule has 1 fully saturated rings. The fraction of sp³-hybridized carbons (Fsp3) is 0.800. The molecule has 1 aromatic heterocycles. The van der Waals surface area contributed by atoms with Gasteiger partial charge in [-0.1, -0.05) is 19.0 Å². The lowest BCUT2D eigenvalue weighted by Crippen LogP contribution is -2.42. The Balaban J connectivity index is 2.05. The number of nitrogens with one attached hydrogen (secondary N) is 2. The van der Waals surface area contributed by atoms with Crippen molar-refractivity contribution in [2.24, 2.45) is 5.92 Å². The van der Waals surface area contributed by atoms with Crippen LogP contribution < -0.4 is 10.6 Å². The minimum atomic E-state index is -0.270. The smallest absolute Gasteiger partial charge is 0.315 e. The summed E-state index contributed by atoms with van der Waals surface area (Å²) in [6, 6.07) is -0.465. The number of ether oxygens (including phenoxy) is 1. The molecule has 7 nitrogen and oxygen atoms in total. The molecule has 0 bridgehead atoms. The van der Waals surface area contributed by atoms with Gasteiger partial charge in [0.25, 0.3) is 0 Å². The lowest BCUT2D eigenvalue weighted by atomic mass is 9.91. The lowest BCUT2D eigenvalue weighted by molar-refractivity contribution is 0.0503. The van der Waals surface area contributed by atoms with Crippen LogP contribution in [0.1, 0.15) is 50.4 Å². The monoisotopic (exact) mass is 342 g/mol. The summed E-state index contributed by atoms with van der Waals surface area (Å²) < 4.78 is 10.8. The van der Waals surface area contributed by atoms with E-state index in [9.17, 15) is 4.79 Å². The van der Waals surface area contributed by atoms with Crippen LogP contribution in [0.25, 0.3) is 0 Å². The summed E-state index contributed by atoms with van der Waals surface area (Å²) in [4.78, 5) is 16.6. The Morgan fingerprint density at radius 3 is 2.74 bits per heavy atom. The van der Waals surface area contributed by atoms with Crippen LogP contribution >= 0.6 is 11.8 Å². The molecule has 1 aliphatic heterocycles. The van der Waals surface area contributed by atoms with Gasteiger partial charge >= 0.3 is 6.03 Å². The van der Waals surface area contributed by atoms with E-state index in [2.05, 4.69) is 20.8 Å². The molecule has 0 radical (unpaired) electrons. The van der Waals surface area contributed by atoms with Crippen LogP contribution in [0.5, 0.6) is 0 Å². The van der Waals surface area contributed by atoms with Crippen molar-refractivity contribution < 1.29 is 14.1 Å². The van der Waals surface area contributed by atoms with Gasteiger partial charge in [0.1, 0.15) is 6.04 Å². The molecule has 2 N–H and O–H groups in total. The van der Waals surface area contributed by atoms with Crippen LogP contribution in [0.4, 0.5) is 4.79 Å². The summed E-state index contributed by atoms with van der Waals surface area (Å²) in [5.74, 6) is 2.48. The average molecular weight is 342 g/mol. The molecule has 130 valence electrons. The molecule has 0 aromatic carbocycles. The average Bonchev–Trinajstić information content (AvgIpc) is 3.04. The quantitative estimate of drug-likeness (QED) is 0.739. The predicted octanol–water partition coefficient (Wildman–Crippen LogP) is 2.32. The molecular formula is C15H26N4O3S. The molecule has 1 atom stereocenters. The summed E-state index contributed by atoms with van der Waals surface area (Å²) >= 11 is 1.69. The summed E-state index contributed by atoms with van der Waals surface area (Å²) in [5, 5.41) is 9.89. The predicted molar refractivity (Wildman–Crippen MR) is 89.6 cm³/mol. The molecule has 2 heterocycles. The Kier molecular flexibility index (Phi) is 7.16. The fourth-order valence-electron chi connectivity index (χ4n) is 2.50. The van der Waals surface area contributed by atoms with Gasteiger partial charge in [-0.2, -0.15) is 16.7 Å². The molecule has 23 heavy (non-hydrogen) atoms. The second-order valence-corrected chi connectivity index (χ2v) is 6.95. The minimum absolute atomic E-state index is 0.193. The highest BCUT2D eigenvalue weighted by atomic mass is 32.2. The Morgan fingerprint density at radius 1 is 1.39 bits per heavy atom. The van der Waals surface area contributed by atoms with Crippen LogP contribution in [-0.4, -0.2) is 47.9 Å². The molecular weight excluding hydrogens is 316 g/mol. The summed E-state index contributed by atoms with van der Waals surface area (Å²) in [6.45, 7) is 6.06. The van der Waals surface area contributed by atoms with Crippen LogP contribution in [0.15, 0.2) is 4.52 Å². The largest absolute Gasteiger partial charge is 0.381 e. The van der Waals surface area contributed by atoms with Gasteiger partial charge in [0.15, 0.2) is 5.82 Å². The third-order valence-corrected chi connectivity index (χ3v) is 4.47. The number of carbonyl (C=O) groups is 1. The van der Waals surface area contributed by atoms with Crippen molar-refractivity contribution >= 4 is 17.8 Å². The van der Waals surface area contributed by atoms with Crippen molar-refractivity contribution in [1.82, 2.24) is 20.8 Å². The second-order valence-electron chi connectivity index (χ2n) is 5.97. The van der Waals surface area contributed by atoms with Gasteiger partial charge in [-0.15, -0.1) is 0 Å². The number of amides is 2. The van der Waals surface area contributed by atoms with Gasteiger partial charge in [0.05, 0.1) is 0 Å². The first-order valence-electron chi connectivity index (χ1n) is 8.06. The summed E-state index contributed by atoms with van der Waals surface area (Å²) in [6.07, 6.45) is 3.75. The highest BCUT2D eigenvalue weighted by molar-refractivity contribution is 7.98. The number of carbonyl (C=O) groups excluding carboxylic acids is 1. The van der Waals surface area contributed by atoms with Gasteiger partial charge < -0.3 is 19.9 Å². The SMILES string of the molecule is CSCCNC(=O)N[C@H](c1nc(C(C)C)no1)C1CCOCC1. The van der Waals surface area contributed by atoms with Gasteiger partial charge in [-0.3, -0.25) is 0 Å². The highest BCUT2D eigenvalue weighted by Gasteiger charge is 2.31. The van der Waals surface area contributed by atoms with Gasteiger partial charge in [0.2, 0.25) is 5.89 Å². The van der Waals surface area contributed by atoms with E-state index in [4.69, 9.17) is 9.26 Å². The number of urea groups is 1. The molecule has 0 spiro atoms. The van der Waals surface area contributed by atoms with Crippen molar-refractivity contribution in [3.05, 3.63) is 11.7 Å². The Labute approximate surface area is 141 Å². The van der Waals surface area contributed by atoms with E-state index < -0.39 is 0 Å². The van der Waals surface area contributed by atoms with Crippen LogP contribution in [-0.2, 0) is 4.74 Å². The van der Waals surface area contributed by atoms with Crippen LogP contribution in [0, 0.1) is 5.92 Å². The first-order chi connectivity index (χ1) is 11.1. The van der Waals surface area contributed by atoms with E-state index in [1.807, 2.05) is 20.1 Å². The van der Waals surface area contributed by atoms with Gasteiger partial charge in [0, 0.05) is 31.4 Å². The summed E-state index contributed by atoms with van der Waals surface area (Å²) in [5.41, 5.74) is 0. The van der Waals surface area contributed by atoms with Gasteiger partial charge in [-0.25, -0.2) is 4.79 Å². The minimum Gasteiger partial charge on any atom is -0.381 e. The fourth-order valence-corrected chi connectivity index (χ4v) is 2.80. The van der Waals surface area contributed by atoms with Crippen molar-refractivity contribution in [3.8, 4) is 0 Å². The standard InChI is InChI=1S/C15H26N4O3S/c1-10(2)13-18-14(22-19-13)12(11-4-7-21-8-5-11)17-15(20)16-6-9-23-3/h10-12H,4-9H2,1-3H3,(H2,16,17,20)/t12-/m0/s1. The molecule has 0 saturated carbocycles. The van der Waals surface area contributed by atoms with E-state index >= 15 is 0 Å². The van der Waals surface area contributed by atoms with E-state index in [-0.39, 0.29) is 23.9 Å². The van der Waals surface area contributed by atoms with E-state index in [1.54, 1.807) is 11.8 Å². The summed E-state index contributed by atoms with van der Waals surface area (Å²) in [7, 11) is 0. The molecule has 0 unspecified atom stereocenters. The lowest BCUT2D eigenvalue weighted by Gasteiger charge is -2.28. The van der Waals surface area contributed by atoms with Crippen LogP contribution in [0.3, 0.4) is 0 Å². The van der Waals surface area contributed by atoms with Crippen molar-refractivity contribution in [1.29, 1.82) is 0 Å². The van der Waals surface area contributed by atoms with Crippen molar-refractivity contribution in [2.75, 3.05) is 31.8 Å². The maximum atomic E-state index is 12.1. The second kappa shape index (κ2) is 9.12. The zero-order valence-electron chi connectivity index (χ0n) is 14.0. The number of hydrogen-bond donors (Lipinski definition) is 2. The van der Waals surface area contributed by atoms with Crippen LogP contribution in [0.2, 0.25) is 0 Å². The number of hydrogen-bond acceptors (Lipinski definition) is 6. The first-order valence-corrected chi connectivity index (χ1v) is 9.45. The maximum Gasteiger partial charge on any atom is 0.315 e. The molecule has 2 rings (SSSR count). The molecule has 0 aliphatic carbocycles. The van der Waals surface area contributed by atoms with Gasteiger partial charge in [-0.05, 0) is 25.0 Å². The van der Waals surface area contributed by atoms with E-state index in [0.717, 1.165) is 18.6 Å². The topological polar surface area (TPSA) is 89.3 Å². The first kappa shape index (κ1) is 18.1. The number of thioether (sulfide) groups is 1. The van der Waals surface area contributed by atoms with Crippen molar-refractivity contribution in [3.63, 3.8) is 0 Å².